The van der Waals surface area contributed by atoms with Crippen LogP contribution < -0.4 is 4.90 Å². The summed E-state index contributed by atoms with van der Waals surface area (Å²) in [6, 6.07) is 1.06. The fourth-order valence-corrected chi connectivity index (χ4v) is 2.05. The van der Waals surface area contributed by atoms with Crippen molar-refractivity contribution in [2.24, 2.45) is 0 Å². The number of hydrogen-bond acceptors (Lipinski definition) is 3. The second kappa shape index (κ2) is 4.81. The number of nitrogens with zero attached hydrogens (tertiary/aromatic N) is 2. The van der Waals surface area contributed by atoms with Gasteiger partial charge in [0.25, 0.3) is 0 Å². The lowest BCUT2D eigenvalue weighted by molar-refractivity contribution is -0.138. The highest BCUT2D eigenvalue weighted by Crippen LogP contribution is 2.36. The number of ether oxygens (including phenoxy) is 1. The summed E-state index contributed by atoms with van der Waals surface area (Å²) in [5, 5.41) is 0. The normalized spacial score (nSPS) is 17.3. The third kappa shape index (κ3) is 2.90. The molecule has 1 aromatic rings. The summed E-state index contributed by atoms with van der Waals surface area (Å²) in [4.78, 5) is 5.78. The first-order valence-electron chi connectivity index (χ1n) is 5.04. The Kier molecular flexibility index (Phi) is 3.58. The van der Waals surface area contributed by atoms with Crippen LogP contribution in [-0.2, 0) is 10.9 Å². The molecule has 94 valence electrons. The molecule has 2 rings (SSSR count). The zero-order valence-corrected chi connectivity index (χ0v) is 10.4. The fraction of sp³-hybridized carbons (Fsp3) is 0.500. The van der Waals surface area contributed by atoms with Gasteiger partial charge in [0.05, 0.1) is 18.8 Å². The van der Waals surface area contributed by atoms with Crippen molar-refractivity contribution in [3.8, 4) is 0 Å². The van der Waals surface area contributed by atoms with E-state index < -0.39 is 11.7 Å². The summed E-state index contributed by atoms with van der Waals surface area (Å²) >= 11 is 2.86. The quantitative estimate of drug-likeness (QED) is 0.797. The highest BCUT2D eigenvalue weighted by molar-refractivity contribution is 9.10. The highest BCUT2D eigenvalue weighted by atomic mass is 79.9. The van der Waals surface area contributed by atoms with Crippen LogP contribution in [0.4, 0.5) is 19.0 Å². The van der Waals surface area contributed by atoms with Crippen molar-refractivity contribution in [2.75, 3.05) is 31.2 Å². The van der Waals surface area contributed by atoms with E-state index in [2.05, 4.69) is 20.9 Å². The van der Waals surface area contributed by atoms with Gasteiger partial charge in [-0.1, -0.05) is 0 Å². The Morgan fingerprint density at radius 3 is 2.53 bits per heavy atom. The minimum absolute atomic E-state index is 0.0398. The lowest BCUT2D eigenvalue weighted by atomic mass is 10.2. The van der Waals surface area contributed by atoms with Crippen LogP contribution in [0.25, 0.3) is 0 Å². The molecule has 7 heteroatoms. The predicted octanol–water partition coefficient (Wildman–Crippen LogP) is 2.70. The molecule has 0 saturated carbocycles. The monoisotopic (exact) mass is 310 g/mol. The molecule has 0 N–H and O–H groups in total. The Morgan fingerprint density at radius 2 is 1.94 bits per heavy atom. The lowest BCUT2D eigenvalue weighted by Crippen LogP contribution is -2.36. The highest BCUT2D eigenvalue weighted by Gasteiger charge is 2.34. The van der Waals surface area contributed by atoms with Gasteiger partial charge in [0.15, 0.2) is 0 Å². The molecule has 0 spiro atoms. The van der Waals surface area contributed by atoms with Gasteiger partial charge in [0, 0.05) is 23.8 Å². The molecule has 2 heterocycles. The second-order valence-corrected chi connectivity index (χ2v) is 4.47. The first-order valence-corrected chi connectivity index (χ1v) is 5.83. The fourth-order valence-electron chi connectivity index (χ4n) is 1.61. The summed E-state index contributed by atoms with van der Waals surface area (Å²) in [5.74, 6) is 0.337. The number of anilines is 1. The SMILES string of the molecule is FC(F)(F)c1cc(N2CCOCC2)ncc1Br. The van der Waals surface area contributed by atoms with E-state index in [9.17, 15) is 13.2 Å². The predicted molar refractivity (Wildman–Crippen MR) is 60.0 cm³/mol. The average Bonchev–Trinajstić information content (AvgIpc) is 2.29. The van der Waals surface area contributed by atoms with Crippen LogP contribution in [0, 0.1) is 0 Å². The Hall–Kier alpha value is -0.820. The molecular formula is C10H10BrF3N2O. The van der Waals surface area contributed by atoms with Crippen molar-refractivity contribution in [3.63, 3.8) is 0 Å². The Bertz CT molecular complexity index is 405. The number of rotatable bonds is 1. The van der Waals surface area contributed by atoms with Crippen LogP contribution in [0.1, 0.15) is 5.56 Å². The summed E-state index contributed by atoms with van der Waals surface area (Å²) in [6.07, 6.45) is -3.18. The Balaban J connectivity index is 2.30. The number of alkyl halides is 3. The van der Waals surface area contributed by atoms with Gasteiger partial charge in [-0.15, -0.1) is 0 Å². The minimum Gasteiger partial charge on any atom is -0.378 e. The Labute approximate surface area is 105 Å². The summed E-state index contributed by atoms with van der Waals surface area (Å²) in [6.45, 7) is 2.15. The van der Waals surface area contributed by atoms with Crippen LogP contribution in [0.5, 0.6) is 0 Å². The van der Waals surface area contributed by atoms with Crippen LogP contribution in [0.3, 0.4) is 0 Å². The van der Waals surface area contributed by atoms with E-state index in [1.54, 1.807) is 4.90 Å². The third-order valence-electron chi connectivity index (χ3n) is 2.48. The van der Waals surface area contributed by atoms with Gasteiger partial charge in [-0.05, 0) is 22.0 Å². The maximum atomic E-state index is 12.7. The van der Waals surface area contributed by atoms with Crippen molar-refractivity contribution < 1.29 is 17.9 Å². The molecule has 0 amide bonds. The molecule has 0 unspecified atom stereocenters. The van der Waals surface area contributed by atoms with Crippen molar-refractivity contribution in [1.29, 1.82) is 0 Å². The largest absolute Gasteiger partial charge is 0.417 e. The lowest BCUT2D eigenvalue weighted by Gasteiger charge is -2.28. The van der Waals surface area contributed by atoms with Crippen molar-refractivity contribution in [2.45, 2.75) is 6.18 Å². The van der Waals surface area contributed by atoms with Gasteiger partial charge in [-0.3, -0.25) is 0 Å². The maximum absolute atomic E-state index is 12.7. The molecule has 1 aliphatic heterocycles. The third-order valence-corrected chi connectivity index (χ3v) is 3.11. The van der Waals surface area contributed by atoms with E-state index in [0.29, 0.717) is 32.1 Å². The summed E-state index contributed by atoms with van der Waals surface area (Å²) < 4.78 is 43.2. The molecule has 0 atom stereocenters. The molecule has 3 nitrogen and oxygen atoms in total. The standard InChI is InChI=1S/C10H10BrF3N2O/c11-8-6-15-9(5-7(8)10(12,13)14)16-1-3-17-4-2-16/h5-6H,1-4H2. The van der Waals surface area contributed by atoms with E-state index in [1.807, 2.05) is 0 Å². The molecule has 1 aliphatic rings. The zero-order valence-electron chi connectivity index (χ0n) is 8.80. The molecule has 0 bridgehead atoms. The van der Waals surface area contributed by atoms with Gasteiger partial charge in [-0.25, -0.2) is 4.98 Å². The van der Waals surface area contributed by atoms with E-state index in [4.69, 9.17) is 4.74 Å². The number of aromatic nitrogens is 1. The molecule has 0 aliphatic carbocycles. The van der Waals surface area contributed by atoms with Gasteiger partial charge in [0.2, 0.25) is 0 Å². The summed E-state index contributed by atoms with van der Waals surface area (Å²) in [7, 11) is 0. The Morgan fingerprint density at radius 1 is 1.29 bits per heavy atom. The molecule has 1 fully saturated rings. The molecular weight excluding hydrogens is 301 g/mol. The second-order valence-electron chi connectivity index (χ2n) is 3.62. The topological polar surface area (TPSA) is 25.4 Å². The molecule has 1 aromatic heterocycles. The first kappa shape index (κ1) is 12.6. The number of pyridine rings is 1. The van der Waals surface area contributed by atoms with Gasteiger partial charge in [0.1, 0.15) is 5.82 Å². The van der Waals surface area contributed by atoms with E-state index in [0.717, 1.165) is 6.07 Å². The van der Waals surface area contributed by atoms with Crippen LogP contribution in [0.15, 0.2) is 16.7 Å². The van der Waals surface area contributed by atoms with Crippen molar-refractivity contribution >= 4 is 21.7 Å². The smallest absolute Gasteiger partial charge is 0.378 e. The number of halogens is 4. The number of hydrogen-bond donors (Lipinski definition) is 0. The van der Waals surface area contributed by atoms with Gasteiger partial charge in [-0.2, -0.15) is 13.2 Å². The molecule has 0 radical (unpaired) electrons. The summed E-state index contributed by atoms with van der Waals surface area (Å²) in [5.41, 5.74) is -0.700. The minimum atomic E-state index is -4.37. The van der Waals surface area contributed by atoms with E-state index in [1.165, 1.54) is 6.20 Å². The van der Waals surface area contributed by atoms with Gasteiger partial charge < -0.3 is 9.64 Å². The maximum Gasteiger partial charge on any atom is 0.417 e. The van der Waals surface area contributed by atoms with Crippen molar-refractivity contribution in [1.82, 2.24) is 4.98 Å². The zero-order chi connectivity index (χ0) is 12.5. The van der Waals surface area contributed by atoms with E-state index in [-0.39, 0.29) is 4.47 Å². The molecule has 17 heavy (non-hydrogen) atoms. The van der Waals surface area contributed by atoms with Crippen LogP contribution in [-0.4, -0.2) is 31.3 Å². The molecule has 0 aromatic carbocycles. The van der Waals surface area contributed by atoms with Crippen molar-refractivity contribution in [3.05, 3.63) is 22.3 Å². The first-order chi connectivity index (χ1) is 7.98. The average molecular weight is 311 g/mol. The van der Waals surface area contributed by atoms with Gasteiger partial charge >= 0.3 is 6.18 Å². The van der Waals surface area contributed by atoms with Crippen LogP contribution >= 0.6 is 15.9 Å². The van der Waals surface area contributed by atoms with E-state index >= 15 is 0 Å². The number of morpholine rings is 1. The molecule has 1 saturated heterocycles. The van der Waals surface area contributed by atoms with Crippen LogP contribution in [0.2, 0.25) is 0 Å².